The zero-order chi connectivity index (χ0) is 18.0. The van der Waals surface area contributed by atoms with Crippen LogP contribution in [-0.4, -0.2) is 43.5 Å². The molecule has 2 heterocycles. The van der Waals surface area contributed by atoms with Gasteiger partial charge in [0.05, 0.1) is 0 Å². The number of ketones is 1. The molecule has 0 aliphatic carbocycles. The van der Waals surface area contributed by atoms with Crippen LogP contribution in [0.25, 0.3) is 0 Å². The van der Waals surface area contributed by atoms with Gasteiger partial charge in [0.2, 0.25) is 5.91 Å². The molecule has 1 saturated heterocycles. The lowest BCUT2D eigenvalue weighted by Crippen LogP contribution is -2.40. The number of carbonyl (C=O) groups is 2. The number of amides is 1. The monoisotopic (exact) mass is 346 g/mol. The maximum Gasteiger partial charge on any atom is 0.345 e. The number of carbonyl (C=O) groups excluding carboxylic acids is 2. The van der Waals surface area contributed by atoms with Crippen molar-refractivity contribution in [1.29, 1.82) is 0 Å². The fourth-order valence-electron chi connectivity index (χ4n) is 3.09. The number of halogens is 1. The maximum absolute atomic E-state index is 13.0. The summed E-state index contributed by atoms with van der Waals surface area (Å²) in [4.78, 5) is 38.3. The molecule has 2 aromatic rings. The lowest BCUT2D eigenvalue weighted by Gasteiger charge is -2.24. The molecule has 0 bridgehead atoms. The van der Waals surface area contributed by atoms with Gasteiger partial charge in [0.25, 0.3) is 0 Å². The molecule has 8 heteroatoms. The van der Waals surface area contributed by atoms with Gasteiger partial charge in [0.1, 0.15) is 18.7 Å². The van der Waals surface area contributed by atoms with E-state index in [1.807, 2.05) is 0 Å². The molecule has 1 aromatic heterocycles. The van der Waals surface area contributed by atoms with E-state index in [0.29, 0.717) is 12.1 Å². The second-order valence-corrected chi connectivity index (χ2v) is 6.20. The van der Waals surface area contributed by atoms with Crippen LogP contribution in [0.3, 0.4) is 0 Å². The van der Waals surface area contributed by atoms with Crippen LogP contribution >= 0.6 is 0 Å². The summed E-state index contributed by atoms with van der Waals surface area (Å²) in [5.41, 5.74) is 0.0770. The fraction of sp³-hybridized carbons (Fsp3) is 0.412. The second-order valence-electron chi connectivity index (χ2n) is 6.20. The molecule has 1 aromatic carbocycles. The summed E-state index contributed by atoms with van der Waals surface area (Å²) in [6.45, 7) is 0.419. The van der Waals surface area contributed by atoms with Crippen molar-refractivity contribution < 1.29 is 14.0 Å². The Bertz CT molecular complexity index is 840. The topological polar surface area (TPSA) is 77.2 Å². The van der Waals surface area contributed by atoms with Crippen LogP contribution in [-0.2, 0) is 18.4 Å². The van der Waals surface area contributed by atoms with Gasteiger partial charge in [-0.3, -0.25) is 14.2 Å². The summed E-state index contributed by atoms with van der Waals surface area (Å²) >= 11 is 0. The number of aryl methyl sites for hydroxylation is 1. The number of hydrogen-bond acceptors (Lipinski definition) is 4. The molecule has 0 N–H and O–H groups in total. The average Bonchev–Trinajstić information content (AvgIpc) is 3.17. The molecule has 0 radical (unpaired) electrons. The van der Waals surface area contributed by atoms with Crippen LogP contribution in [0.15, 0.2) is 35.4 Å². The highest BCUT2D eigenvalue weighted by atomic mass is 19.1. The Morgan fingerprint density at radius 2 is 2.00 bits per heavy atom. The van der Waals surface area contributed by atoms with Gasteiger partial charge >= 0.3 is 5.69 Å². The van der Waals surface area contributed by atoms with E-state index >= 15 is 0 Å². The van der Waals surface area contributed by atoms with Crippen molar-refractivity contribution in [2.75, 3.05) is 6.54 Å². The summed E-state index contributed by atoms with van der Waals surface area (Å²) in [7, 11) is 1.57. The van der Waals surface area contributed by atoms with E-state index in [2.05, 4.69) is 5.10 Å². The highest BCUT2D eigenvalue weighted by molar-refractivity contribution is 5.96. The number of rotatable bonds is 5. The van der Waals surface area contributed by atoms with Gasteiger partial charge in [-0.2, -0.15) is 5.10 Å². The molecule has 1 atom stereocenters. The van der Waals surface area contributed by atoms with Gasteiger partial charge in [-0.25, -0.2) is 13.9 Å². The number of nitrogens with zero attached hydrogens (tertiary/aromatic N) is 4. The maximum atomic E-state index is 13.0. The van der Waals surface area contributed by atoms with Gasteiger partial charge in [-0.1, -0.05) is 0 Å². The summed E-state index contributed by atoms with van der Waals surface area (Å²) in [6, 6.07) is 5.19. The van der Waals surface area contributed by atoms with Gasteiger partial charge in [-0.05, 0) is 37.1 Å². The molecule has 0 saturated carbocycles. The third-order valence-corrected chi connectivity index (χ3v) is 4.46. The Labute approximate surface area is 143 Å². The van der Waals surface area contributed by atoms with E-state index < -0.39 is 5.82 Å². The molecule has 1 fully saturated rings. The van der Waals surface area contributed by atoms with Gasteiger partial charge in [0.15, 0.2) is 5.78 Å². The van der Waals surface area contributed by atoms with Gasteiger partial charge in [0, 0.05) is 31.6 Å². The molecule has 1 aliphatic rings. The highest BCUT2D eigenvalue weighted by Gasteiger charge is 2.31. The first kappa shape index (κ1) is 17.1. The largest absolute Gasteiger partial charge is 0.345 e. The molecular weight excluding hydrogens is 327 g/mol. The van der Waals surface area contributed by atoms with Crippen molar-refractivity contribution in [3.05, 3.63) is 52.5 Å². The zero-order valence-corrected chi connectivity index (χ0v) is 13.9. The lowest BCUT2D eigenvalue weighted by molar-refractivity contribution is -0.132. The first-order valence-electron chi connectivity index (χ1n) is 8.12. The van der Waals surface area contributed by atoms with E-state index in [9.17, 15) is 18.8 Å². The highest BCUT2D eigenvalue weighted by Crippen LogP contribution is 2.22. The van der Waals surface area contributed by atoms with Crippen molar-refractivity contribution in [3.8, 4) is 0 Å². The zero-order valence-electron chi connectivity index (χ0n) is 13.9. The summed E-state index contributed by atoms with van der Waals surface area (Å²) < 4.78 is 15.4. The summed E-state index contributed by atoms with van der Waals surface area (Å²) in [6.07, 6.45) is 3.09. The van der Waals surface area contributed by atoms with Crippen molar-refractivity contribution in [1.82, 2.24) is 19.2 Å². The fourth-order valence-corrected chi connectivity index (χ4v) is 3.09. The Morgan fingerprint density at radius 1 is 1.28 bits per heavy atom. The number of aromatic nitrogens is 3. The van der Waals surface area contributed by atoms with E-state index in [1.165, 1.54) is 35.2 Å². The number of likely N-dealkylation sites (tertiary alicyclic amines) is 1. The van der Waals surface area contributed by atoms with E-state index in [1.54, 1.807) is 11.9 Å². The third-order valence-electron chi connectivity index (χ3n) is 4.46. The third kappa shape index (κ3) is 3.67. The van der Waals surface area contributed by atoms with Crippen molar-refractivity contribution >= 4 is 11.7 Å². The molecule has 25 heavy (non-hydrogen) atoms. The molecule has 132 valence electrons. The van der Waals surface area contributed by atoms with Crippen molar-refractivity contribution in [2.24, 2.45) is 7.05 Å². The second kappa shape index (κ2) is 7.00. The van der Waals surface area contributed by atoms with Crippen molar-refractivity contribution in [2.45, 2.75) is 31.8 Å². The number of benzene rings is 1. The number of hydrogen-bond donors (Lipinski definition) is 0. The van der Waals surface area contributed by atoms with E-state index in [4.69, 9.17) is 0 Å². The lowest BCUT2D eigenvalue weighted by atomic mass is 10.0. The molecule has 1 amide bonds. The Hall–Kier alpha value is -2.77. The van der Waals surface area contributed by atoms with Gasteiger partial charge < -0.3 is 4.90 Å². The standard InChI is InChI=1S/C17H19FN4O3/c1-20-11-19-22(17(20)25)10-16(24)21-8-2-3-14(21)9-15(23)12-4-6-13(18)7-5-12/h4-7,11,14H,2-3,8-10H2,1H3. The molecule has 1 unspecified atom stereocenters. The Balaban J connectivity index is 1.66. The predicted octanol–water partition coefficient (Wildman–Crippen LogP) is 0.985. The SMILES string of the molecule is Cn1cnn(CC(=O)N2CCCC2CC(=O)c2ccc(F)cc2)c1=O. The summed E-state index contributed by atoms with van der Waals surface area (Å²) in [5.74, 6) is -0.745. The minimum atomic E-state index is -0.393. The van der Waals surface area contributed by atoms with E-state index in [-0.39, 0.29) is 36.4 Å². The number of Topliss-reactive ketones (excluding diaryl/α,β-unsaturated/α-hetero) is 1. The Morgan fingerprint density at radius 3 is 2.64 bits per heavy atom. The van der Waals surface area contributed by atoms with Crippen LogP contribution in [0, 0.1) is 5.82 Å². The predicted molar refractivity (Wildman–Crippen MR) is 87.6 cm³/mol. The minimum absolute atomic E-state index is 0.125. The molecule has 7 nitrogen and oxygen atoms in total. The molecular formula is C17H19FN4O3. The van der Waals surface area contributed by atoms with Crippen LogP contribution in [0.5, 0.6) is 0 Å². The smallest absolute Gasteiger partial charge is 0.338 e. The Kier molecular flexibility index (Phi) is 4.78. The normalized spacial score (nSPS) is 17.0. The van der Waals surface area contributed by atoms with E-state index in [0.717, 1.165) is 17.5 Å². The molecule has 3 rings (SSSR count). The van der Waals surface area contributed by atoms with Crippen LogP contribution in [0.2, 0.25) is 0 Å². The van der Waals surface area contributed by atoms with Crippen LogP contribution in [0.4, 0.5) is 4.39 Å². The molecule has 0 spiro atoms. The van der Waals surface area contributed by atoms with Gasteiger partial charge in [-0.15, -0.1) is 0 Å². The van der Waals surface area contributed by atoms with Crippen molar-refractivity contribution in [3.63, 3.8) is 0 Å². The summed E-state index contributed by atoms with van der Waals surface area (Å²) in [5, 5.41) is 3.89. The minimum Gasteiger partial charge on any atom is -0.338 e. The quantitative estimate of drug-likeness (QED) is 0.757. The molecule has 1 aliphatic heterocycles. The first-order chi connectivity index (χ1) is 12.0. The first-order valence-corrected chi connectivity index (χ1v) is 8.12. The van der Waals surface area contributed by atoms with Crippen LogP contribution < -0.4 is 5.69 Å². The van der Waals surface area contributed by atoms with Crippen LogP contribution in [0.1, 0.15) is 29.6 Å². The average molecular weight is 346 g/mol.